The van der Waals surface area contributed by atoms with E-state index < -0.39 is 0 Å². The van der Waals surface area contributed by atoms with Crippen molar-refractivity contribution in [2.75, 3.05) is 39.4 Å². The van der Waals surface area contributed by atoms with E-state index in [-0.39, 0.29) is 5.91 Å². The fraction of sp³-hybridized carbons (Fsp3) is 0.529. The van der Waals surface area contributed by atoms with Crippen LogP contribution in [0, 0.1) is 0 Å². The summed E-state index contributed by atoms with van der Waals surface area (Å²) >= 11 is 5.87. The van der Waals surface area contributed by atoms with Crippen molar-refractivity contribution in [3.8, 4) is 0 Å². The minimum absolute atomic E-state index is 0.0314. The standard InChI is InChI=1S/C17H24ClN5O/c1-13-10-21(6-5-19-14(2)24)12-23-8-7-22(17(13)23)11-15-3-4-16(18)20-9-15/h3-4,9H,5-8,10-12H2,1-2H3,(H,19,24). The summed E-state index contributed by atoms with van der Waals surface area (Å²) in [5, 5.41) is 3.40. The van der Waals surface area contributed by atoms with Crippen LogP contribution >= 0.6 is 11.6 Å². The van der Waals surface area contributed by atoms with E-state index in [9.17, 15) is 4.79 Å². The highest BCUT2D eigenvalue weighted by atomic mass is 35.5. The Bertz CT molecular complexity index is 630. The molecule has 6 nitrogen and oxygen atoms in total. The first-order valence-electron chi connectivity index (χ1n) is 8.30. The number of nitrogens with one attached hydrogen (secondary N) is 1. The Hall–Kier alpha value is -1.79. The van der Waals surface area contributed by atoms with Gasteiger partial charge in [0.2, 0.25) is 5.91 Å². The molecular weight excluding hydrogens is 326 g/mol. The molecule has 0 radical (unpaired) electrons. The molecule has 2 aliphatic heterocycles. The number of nitrogens with zero attached hydrogens (tertiary/aromatic N) is 4. The second-order valence-electron chi connectivity index (χ2n) is 6.46. The van der Waals surface area contributed by atoms with Crippen molar-refractivity contribution in [1.82, 2.24) is 25.0 Å². The average molecular weight is 350 g/mol. The normalized spacial score (nSPS) is 18.1. The largest absolute Gasteiger partial charge is 0.355 e. The Kier molecular flexibility index (Phi) is 5.26. The van der Waals surface area contributed by atoms with Crippen LogP contribution in [0.15, 0.2) is 29.7 Å². The molecular formula is C17H24ClN5O. The van der Waals surface area contributed by atoms with Crippen molar-refractivity contribution in [2.24, 2.45) is 0 Å². The summed E-state index contributed by atoms with van der Waals surface area (Å²) in [6.07, 6.45) is 1.85. The van der Waals surface area contributed by atoms with Crippen molar-refractivity contribution in [1.29, 1.82) is 0 Å². The molecule has 2 aliphatic rings. The van der Waals surface area contributed by atoms with Crippen LogP contribution in [0.1, 0.15) is 19.4 Å². The van der Waals surface area contributed by atoms with E-state index in [2.05, 4.69) is 31.9 Å². The molecule has 1 saturated heterocycles. The molecule has 1 aromatic rings. The third-order valence-electron chi connectivity index (χ3n) is 4.42. The molecule has 0 unspecified atom stereocenters. The van der Waals surface area contributed by atoms with Crippen LogP contribution in [-0.4, -0.2) is 65.0 Å². The number of amides is 1. The number of carbonyl (C=O) groups excluding carboxylic acids is 1. The van der Waals surface area contributed by atoms with E-state index in [0.717, 1.165) is 39.4 Å². The number of hydrogen-bond donors (Lipinski definition) is 1. The van der Waals surface area contributed by atoms with Gasteiger partial charge >= 0.3 is 0 Å². The maximum atomic E-state index is 11.0. The second kappa shape index (κ2) is 7.40. The topological polar surface area (TPSA) is 51.7 Å². The first-order valence-corrected chi connectivity index (χ1v) is 8.67. The third-order valence-corrected chi connectivity index (χ3v) is 4.64. The zero-order valence-corrected chi connectivity index (χ0v) is 15.0. The number of carbonyl (C=O) groups is 1. The second-order valence-corrected chi connectivity index (χ2v) is 6.84. The van der Waals surface area contributed by atoms with E-state index in [1.165, 1.54) is 17.0 Å². The molecule has 1 N–H and O–H groups in total. The van der Waals surface area contributed by atoms with Crippen LogP contribution in [0.5, 0.6) is 0 Å². The minimum Gasteiger partial charge on any atom is -0.355 e. The molecule has 0 spiro atoms. The lowest BCUT2D eigenvalue weighted by molar-refractivity contribution is -0.119. The summed E-state index contributed by atoms with van der Waals surface area (Å²) in [4.78, 5) is 22.4. The van der Waals surface area contributed by atoms with Gasteiger partial charge in [0.25, 0.3) is 0 Å². The van der Waals surface area contributed by atoms with Gasteiger partial charge in [-0.2, -0.15) is 0 Å². The van der Waals surface area contributed by atoms with Crippen molar-refractivity contribution in [3.05, 3.63) is 40.4 Å². The lowest BCUT2D eigenvalue weighted by Crippen LogP contribution is -2.45. The lowest BCUT2D eigenvalue weighted by Gasteiger charge is -2.37. The molecule has 7 heteroatoms. The van der Waals surface area contributed by atoms with Crippen LogP contribution < -0.4 is 5.32 Å². The van der Waals surface area contributed by atoms with Gasteiger partial charge in [0.1, 0.15) is 11.0 Å². The molecule has 3 heterocycles. The Morgan fingerprint density at radius 3 is 2.92 bits per heavy atom. The molecule has 1 amide bonds. The molecule has 0 aliphatic carbocycles. The Morgan fingerprint density at radius 2 is 2.21 bits per heavy atom. The van der Waals surface area contributed by atoms with E-state index in [1.54, 1.807) is 6.92 Å². The lowest BCUT2D eigenvalue weighted by atomic mass is 10.2. The van der Waals surface area contributed by atoms with E-state index >= 15 is 0 Å². The predicted molar refractivity (Wildman–Crippen MR) is 94.2 cm³/mol. The van der Waals surface area contributed by atoms with Gasteiger partial charge in [0.15, 0.2) is 0 Å². The third kappa shape index (κ3) is 3.99. The summed E-state index contributed by atoms with van der Waals surface area (Å²) in [6, 6.07) is 3.88. The first kappa shape index (κ1) is 17.0. The van der Waals surface area contributed by atoms with Gasteiger partial charge in [0.05, 0.1) is 6.67 Å². The van der Waals surface area contributed by atoms with Crippen molar-refractivity contribution in [3.63, 3.8) is 0 Å². The van der Waals surface area contributed by atoms with E-state index in [0.29, 0.717) is 11.7 Å². The van der Waals surface area contributed by atoms with Crippen molar-refractivity contribution >= 4 is 17.5 Å². The van der Waals surface area contributed by atoms with Gasteiger partial charge in [-0.1, -0.05) is 17.7 Å². The number of hydrogen-bond acceptors (Lipinski definition) is 5. The van der Waals surface area contributed by atoms with Crippen LogP contribution in [0.4, 0.5) is 0 Å². The van der Waals surface area contributed by atoms with Gasteiger partial charge in [0, 0.05) is 52.4 Å². The molecule has 1 fully saturated rings. The van der Waals surface area contributed by atoms with Gasteiger partial charge in [-0.25, -0.2) is 4.98 Å². The number of fused-ring (bicyclic) bond motifs is 1. The summed E-state index contributed by atoms with van der Waals surface area (Å²) < 4.78 is 0. The molecule has 0 saturated carbocycles. The van der Waals surface area contributed by atoms with Gasteiger partial charge < -0.3 is 15.1 Å². The smallest absolute Gasteiger partial charge is 0.216 e. The van der Waals surface area contributed by atoms with Crippen molar-refractivity contribution in [2.45, 2.75) is 20.4 Å². The molecule has 0 atom stereocenters. The summed E-state index contributed by atoms with van der Waals surface area (Å²) in [6.45, 7) is 10.1. The van der Waals surface area contributed by atoms with Crippen LogP contribution in [0.3, 0.4) is 0 Å². The summed E-state index contributed by atoms with van der Waals surface area (Å²) in [5.74, 6) is 1.38. The number of aromatic nitrogens is 1. The Morgan fingerprint density at radius 1 is 1.38 bits per heavy atom. The number of pyridine rings is 1. The zero-order chi connectivity index (χ0) is 17.1. The summed E-state index contributed by atoms with van der Waals surface area (Å²) in [7, 11) is 0. The van der Waals surface area contributed by atoms with Crippen LogP contribution in [-0.2, 0) is 11.3 Å². The molecule has 0 aromatic carbocycles. The van der Waals surface area contributed by atoms with E-state index in [1.807, 2.05) is 18.3 Å². The van der Waals surface area contributed by atoms with Crippen LogP contribution in [0.2, 0.25) is 5.15 Å². The first-order chi connectivity index (χ1) is 11.5. The molecule has 24 heavy (non-hydrogen) atoms. The highest BCUT2D eigenvalue weighted by Gasteiger charge is 2.31. The Labute approximate surface area is 148 Å². The zero-order valence-electron chi connectivity index (χ0n) is 14.3. The van der Waals surface area contributed by atoms with Crippen LogP contribution in [0.25, 0.3) is 0 Å². The maximum absolute atomic E-state index is 11.0. The van der Waals surface area contributed by atoms with Gasteiger partial charge in [-0.05, 0) is 24.1 Å². The fourth-order valence-electron chi connectivity index (χ4n) is 3.44. The monoisotopic (exact) mass is 349 g/mol. The van der Waals surface area contributed by atoms with Crippen molar-refractivity contribution < 1.29 is 4.79 Å². The highest BCUT2D eigenvalue weighted by Crippen LogP contribution is 2.28. The molecule has 130 valence electrons. The molecule has 0 bridgehead atoms. The summed E-state index contributed by atoms with van der Waals surface area (Å²) in [5.41, 5.74) is 2.55. The molecule has 1 aromatic heterocycles. The fourth-order valence-corrected chi connectivity index (χ4v) is 3.55. The highest BCUT2D eigenvalue weighted by molar-refractivity contribution is 6.29. The number of rotatable bonds is 5. The quantitative estimate of drug-likeness (QED) is 0.816. The predicted octanol–water partition coefficient (Wildman–Crippen LogP) is 1.49. The Balaban J connectivity index is 1.63. The maximum Gasteiger partial charge on any atom is 0.216 e. The van der Waals surface area contributed by atoms with Gasteiger partial charge in [-0.3, -0.25) is 9.69 Å². The SMILES string of the molecule is CC(=O)NCCN1CC(C)=C2N(Cc3ccc(Cl)nc3)CCN2C1. The number of halogens is 1. The van der Waals surface area contributed by atoms with E-state index in [4.69, 9.17) is 11.6 Å². The molecule has 3 rings (SSSR count). The van der Waals surface area contributed by atoms with Gasteiger partial charge in [-0.15, -0.1) is 0 Å². The minimum atomic E-state index is 0.0314. The average Bonchev–Trinajstić information content (AvgIpc) is 2.93.